The van der Waals surface area contributed by atoms with E-state index >= 15 is 0 Å². The van der Waals surface area contributed by atoms with Crippen molar-refractivity contribution < 1.29 is 28.1 Å². The lowest BCUT2D eigenvalue weighted by atomic mass is 10.2. The van der Waals surface area contributed by atoms with Gasteiger partial charge in [0.1, 0.15) is 0 Å². The zero-order valence-corrected chi connectivity index (χ0v) is 15.6. The minimum Gasteiger partial charge on any atom is -0.493 e. The maximum Gasteiger partial charge on any atom is 0.311 e. The van der Waals surface area contributed by atoms with Gasteiger partial charge in [-0.15, -0.1) is 0 Å². The van der Waals surface area contributed by atoms with Crippen molar-refractivity contribution >= 4 is 16.5 Å². The van der Waals surface area contributed by atoms with Crippen LogP contribution in [-0.4, -0.2) is 37.6 Å². The maximum absolute atomic E-state index is 12.7. The Morgan fingerprint density at radius 1 is 0.923 bits per heavy atom. The second-order valence-corrected chi connectivity index (χ2v) is 6.57. The molecule has 8 nitrogen and oxygen atoms in total. The summed E-state index contributed by atoms with van der Waals surface area (Å²) >= 11 is 0. The summed E-state index contributed by atoms with van der Waals surface area (Å²) in [4.78, 5) is 11.0. The summed E-state index contributed by atoms with van der Waals surface area (Å²) in [6, 6.07) is 7.67. The number of ether oxygens (including phenoxy) is 4. The Morgan fingerprint density at radius 3 is 1.96 bits per heavy atom. The van der Waals surface area contributed by atoms with E-state index in [1.807, 2.05) is 0 Å². The fraction of sp³-hybridized carbons (Fsp3) is 0.294. The Balaban J connectivity index is 2.36. The van der Waals surface area contributed by atoms with Gasteiger partial charge in [0.15, 0.2) is 17.2 Å². The second-order valence-electron chi connectivity index (χ2n) is 5.11. The highest BCUT2D eigenvalue weighted by molar-refractivity contribution is 7.84. The molecule has 0 radical (unpaired) electrons. The minimum absolute atomic E-state index is 0.0868. The summed E-state index contributed by atoms with van der Waals surface area (Å²) < 4.78 is 33.5. The number of benzene rings is 2. The van der Waals surface area contributed by atoms with Crippen molar-refractivity contribution in [1.82, 2.24) is 0 Å². The maximum atomic E-state index is 12.7. The van der Waals surface area contributed by atoms with Crippen molar-refractivity contribution in [3.05, 3.63) is 46.0 Å². The van der Waals surface area contributed by atoms with E-state index in [-0.39, 0.29) is 17.2 Å². The van der Waals surface area contributed by atoms with Gasteiger partial charge >= 0.3 is 5.69 Å². The molecule has 2 aromatic rings. The number of nitro benzene ring substituents is 1. The van der Waals surface area contributed by atoms with Crippen LogP contribution < -0.4 is 18.9 Å². The van der Waals surface area contributed by atoms with Crippen molar-refractivity contribution in [2.75, 3.05) is 28.4 Å². The van der Waals surface area contributed by atoms with Crippen LogP contribution in [0.1, 0.15) is 5.56 Å². The Morgan fingerprint density at radius 2 is 1.50 bits per heavy atom. The molecule has 0 aliphatic carbocycles. The highest BCUT2D eigenvalue weighted by Gasteiger charge is 2.19. The molecule has 9 heteroatoms. The van der Waals surface area contributed by atoms with E-state index in [0.29, 0.717) is 27.7 Å². The van der Waals surface area contributed by atoms with E-state index in [4.69, 9.17) is 18.9 Å². The van der Waals surface area contributed by atoms with Crippen LogP contribution in [-0.2, 0) is 16.6 Å². The van der Waals surface area contributed by atoms with Crippen molar-refractivity contribution in [2.24, 2.45) is 0 Å². The Bertz CT molecular complexity index is 813. The van der Waals surface area contributed by atoms with Crippen molar-refractivity contribution in [3.8, 4) is 23.0 Å². The zero-order chi connectivity index (χ0) is 19.3. The van der Waals surface area contributed by atoms with Crippen LogP contribution in [0.25, 0.3) is 0 Å². The first-order valence-electron chi connectivity index (χ1n) is 7.44. The normalized spacial score (nSPS) is 11.5. The quantitative estimate of drug-likeness (QED) is 0.512. The van der Waals surface area contributed by atoms with Crippen molar-refractivity contribution in [2.45, 2.75) is 10.6 Å². The summed E-state index contributed by atoms with van der Waals surface area (Å²) in [6.07, 6.45) is 0. The molecule has 0 spiro atoms. The van der Waals surface area contributed by atoms with Crippen molar-refractivity contribution in [3.63, 3.8) is 0 Å². The molecule has 0 bridgehead atoms. The fourth-order valence-corrected chi connectivity index (χ4v) is 3.52. The van der Waals surface area contributed by atoms with Gasteiger partial charge in [0.25, 0.3) is 0 Å². The summed E-state index contributed by atoms with van der Waals surface area (Å²) in [6.45, 7) is 0. The van der Waals surface area contributed by atoms with E-state index < -0.39 is 15.7 Å². The average Bonchev–Trinajstić information content (AvgIpc) is 2.66. The van der Waals surface area contributed by atoms with Crippen LogP contribution in [0, 0.1) is 10.1 Å². The molecular formula is C17H19NO7S. The molecule has 1 unspecified atom stereocenters. The molecule has 2 aromatic carbocycles. The first-order chi connectivity index (χ1) is 12.4. The third-order valence-electron chi connectivity index (χ3n) is 3.64. The standard InChI is InChI=1S/C17H19NO7S/c1-22-14-6-5-11(7-13(14)18(19)20)10-26(21)12-8-15(23-2)17(25-4)16(9-12)24-3/h5-9H,10H2,1-4H3. The van der Waals surface area contributed by atoms with Gasteiger partial charge in [-0.05, 0) is 11.6 Å². The Labute approximate surface area is 153 Å². The van der Waals surface area contributed by atoms with Gasteiger partial charge in [0.2, 0.25) is 5.75 Å². The number of nitro groups is 1. The lowest BCUT2D eigenvalue weighted by Gasteiger charge is -2.14. The molecule has 1 atom stereocenters. The van der Waals surface area contributed by atoms with Gasteiger partial charge in [-0.1, -0.05) is 6.07 Å². The molecular weight excluding hydrogens is 362 g/mol. The monoisotopic (exact) mass is 381 g/mol. The molecule has 0 fully saturated rings. The predicted molar refractivity (Wildman–Crippen MR) is 95.9 cm³/mol. The summed E-state index contributed by atoms with van der Waals surface area (Å²) in [7, 11) is 4.30. The number of methoxy groups -OCH3 is 4. The molecule has 0 saturated carbocycles. The molecule has 0 aliphatic rings. The third-order valence-corrected chi connectivity index (χ3v) is 5.00. The Kier molecular flexibility index (Phi) is 6.40. The topological polar surface area (TPSA) is 97.1 Å². The minimum atomic E-state index is -1.48. The first-order valence-corrected chi connectivity index (χ1v) is 8.76. The van der Waals surface area contributed by atoms with Crippen LogP contribution >= 0.6 is 0 Å². The van der Waals surface area contributed by atoms with E-state index in [2.05, 4.69) is 0 Å². The summed E-state index contributed by atoms with van der Waals surface area (Å²) in [5.74, 6) is 1.41. The van der Waals surface area contributed by atoms with Gasteiger partial charge in [-0.3, -0.25) is 14.3 Å². The van der Waals surface area contributed by atoms with E-state index in [0.717, 1.165) is 0 Å². The predicted octanol–water partition coefficient (Wildman–Crippen LogP) is 2.94. The number of rotatable bonds is 8. The van der Waals surface area contributed by atoms with E-state index in [9.17, 15) is 14.3 Å². The van der Waals surface area contributed by atoms with Crippen LogP contribution in [0.4, 0.5) is 5.69 Å². The molecule has 0 saturated heterocycles. The number of nitrogens with zero attached hydrogens (tertiary/aromatic N) is 1. The van der Waals surface area contributed by atoms with E-state index in [1.54, 1.807) is 18.2 Å². The van der Waals surface area contributed by atoms with Gasteiger partial charge in [0, 0.05) is 23.1 Å². The van der Waals surface area contributed by atoms with Crippen LogP contribution in [0.2, 0.25) is 0 Å². The molecule has 0 heterocycles. The molecule has 0 N–H and O–H groups in total. The fourth-order valence-electron chi connectivity index (χ4n) is 2.39. The van der Waals surface area contributed by atoms with Crippen LogP contribution in [0.15, 0.2) is 35.2 Å². The zero-order valence-electron chi connectivity index (χ0n) is 14.8. The van der Waals surface area contributed by atoms with Crippen LogP contribution in [0.5, 0.6) is 23.0 Å². The highest BCUT2D eigenvalue weighted by Crippen LogP contribution is 2.39. The van der Waals surface area contributed by atoms with Gasteiger partial charge in [0.05, 0.1) is 49.9 Å². The molecule has 0 amide bonds. The number of hydrogen-bond acceptors (Lipinski definition) is 7. The SMILES string of the molecule is COc1ccc(CS(=O)c2cc(OC)c(OC)c(OC)c2)cc1[N+](=O)[O-]. The first kappa shape index (κ1) is 19.5. The van der Waals surface area contributed by atoms with Gasteiger partial charge < -0.3 is 18.9 Å². The molecule has 26 heavy (non-hydrogen) atoms. The van der Waals surface area contributed by atoms with Gasteiger partial charge in [-0.2, -0.15) is 0 Å². The number of hydrogen-bond donors (Lipinski definition) is 0. The largest absolute Gasteiger partial charge is 0.493 e. The summed E-state index contributed by atoms with van der Waals surface area (Å²) in [5, 5.41) is 11.1. The Hall–Kier alpha value is -2.81. The van der Waals surface area contributed by atoms with Crippen molar-refractivity contribution in [1.29, 1.82) is 0 Å². The molecule has 0 aliphatic heterocycles. The lowest BCUT2D eigenvalue weighted by Crippen LogP contribution is -2.02. The molecule has 140 valence electrons. The second kappa shape index (κ2) is 8.52. The highest BCUT2D eigenvalue weighted by atomic mass is 32.2. The molecule has 0 aromatic heterocycles. The lowest BCUT2D eigenvalue weighted by molar-refractivity contribution is -0.385. The third kappa shape index (κ3) is 4.05. The van der Waals surface area contributed by atoms with Gasteiger partial charge in [-0.25, -0.2) is 0 Å². The van der Waals surface area contributed by atoms with E-state index in [1.165, 1.54) is 40.6 Å². The summed E-state index contributed by atoms with van der Waals surface area (Å²) in [5.41, 5.74) is 0.372. The van der Waals surface area contributed by atoms with Crippen LogP contribution in [0.3, 0.4) is 0 Å². The average molecular weight is 381 g/mol. The smallest absolute Gasteiger partial charge is 0.311 e. The molecule has 2 rings (SSSR count).